The predicted molar refractivity (Wildman–Crippen MR) is 102 cm³/mol. The van der Waals surface area contributed by atoms with Crippen LogP contribution in [0, 0.1) is 5.92 Å². The van der Waals surface area contributed by atoms with Gasteiger partial charge in [-0.05, 0) is 57.0 Å². The Morgan fingerprint density at radius 3 is 2.74 bits per heavy atom. The smallest absolute Gasteiger partial charge is 0.225 e. The van der Waals surface area contributed by atoms with Gasteiger partial charge in [0.2, 0.25) is 11.9 Å². The number of piperidine rings is 1. The second-order valence-electron chi connectivity index (χ2n) is 7.35. The van der Waals surface area contributed by atoms with Crippen LogP contribution in [0.15, 0.2) is 41.3 Å². The Morgan fingerprint density at radius 2 is 2.00 bits per heavy atom. The van der Waals surface area contributed by atoms with Crippen LogP contribution in [0.5, 0.6) is 0 Å². The van der Waals surface area contributed by atoms with Gasteiger partial charge in [0, 0.05) is 32.0 Å². The minimum atomic E-state index is -0.0293. The normalized spacial score (nSPS) is 21.9. The number of nitrogens with one attached hydrogen (secondary N) is 1. The van der Waals surface area contributed by atoms with Gasteiger partial charge in [0.15, 0.2) is 0 Å². The van der Waals surface area contributed by atoms with Gasteiger partial charge in [-0.2, -0.15) is 0 Å². The van der Waals surface area contributed by atoms with Crippen LogP contribution in [0.1, 0.15) is 37.5 Å². The number of anilines is 1. The number of amides is 1. The van der Waals surface area contributed by atoms with Crippen molar-refractivity contribution in [2.45, 2.75) is 31.7 Å². The number of hydrogen-bond acceptors (Lipinski definition) is 6. The molecule has 0 spiro atoms. The summed E-state index contributed by atoms with van der Waals surface area (Å²) in [6.45, 7) is 4.28. The van der Waals surface area contributed by atoms with E-state index in [0.717, 1.165) is 38.2 Å². The molecular formula is C20H27N5O2. The summed E-state index contributed by atoms with van der Waals surface area (Å²) >= 11 is 0. The molecule has 7 nitrogen and oxygen atoms in total. The zero-order chi connectivity index (χ0) is 18.5. The number of hydrogen-bond donors (Lipinski definition) is 1. The van der Waals surface area contributed by atoms with Crippen LogP contribution in [-0.2, 0) is 4.79 Å². The molecule has 2 atom stereocenters. The monoisotopic (exact) mass is 369 g/mol. The van der Waals surface area contributed by atoms with Crippen molar-refractivity contribution in [3.63, 3.8) is 0 Å². The van der Waals surface area contributed by atoms with E-state index in [4.69, 9.17) is 4.42 Å². The van der Waals surface area contributed by atoms with Crippen LogP contribution in [0.2, 0.25) is 0 Å². The fourth-order valence-electron chi connectivity index (χ4n) is 4.11. The molecular weight excluding hydrogens is 342 g/mol. The zero-order valence-corrected chi connectivity index (χ0v) is 15.6. The second-order valence-corrected chi connectivity index (χ2v) is 7.35. The van der Waals surface area contributed by atoms with Crippen LogP contribution < -0.4 is 10.2 Å². The first-order chi connectivity index (χ1) is 13.3. The Kier molecular flexibility index (Phi) is 5.67. The number of rotatable bonds is 6. The number of carbonyl (C=O) groups is 1. The lowest BCUT2D eigenvalue weighted by atomic mass is 9.97. The first kappa shape index (κ1) is 18.0. The van der Waals surface area contributed by atoms with Gasteiger partial charge in [0.1, 0.15) is 5.76 Å². The van der Waals surface area contributed by atoms with Gasteiger partial charge in [-0.1, -0.05) is 0 Å². The van der Waals surface area contributed by atoms with Gasteiger partial charge >= 0.3 is 0 Å². The van der Waals surface area contributed by atoms with Crippen LogP contribution >= 0.6 is 0 Å². The highest BCUT2D eigenvalue weighted by molar-refractivity contribution is 5.79. The molecule has 0 bridgehead atoms. The van der Waals surface area contributed by atoms with E-state index in [1.807, 2.05) is 18.2 Å². The second kappa shape index (κ2) is 8.52. The van der Waals surface area contributed by atoms with E-state index in [-0.39, 0.29) is 17.9 Å². The van der Waals surface area contributed by atoms with Gasteiger partial charge < -0.3 is 14.6 Å². The van der Waals surface area contributed by atoms with Gasteiger partial charge in [0.25, 0.3) is 0 Å². The van der Waals surface area contributed by atoms with E-state index in [0.29, 0.717) is 19.0 Å². The van der Waals surface area contributed by atoms with Crippen molar-refractivity contribution in [2.24, 2.45) is 5.92 Å². The molecule has 0 aliphatic carbocycles. The Balaban J connectivity index is 1.36. The lowest BCUT2D eigenvalue weighted by Gasteiger charge is -2.32. The lowest BCUT2D eigenvalue weighted by Crippen LogP contribution is -2.45. The number of carbonyl (C=O) groups excluding carboxylic acids is 1. The molecule has 4 heterocycles. The van der Waals surface area contributed by atoms with Crippen molar-refractivity contribution in [3.05, 3.63) is 42.6 Å². The Hall–Kier alpha value is -2.41. The molecule has 1 N–H and O–H groups in total. The van der Waals surface area contributed by atoms with Gasteiger partial charge in [-0.3, -0.25) is 9.69 Å². The van der Waals surface area contributed by atoms with Crippen molar-refractivity contribution in [1.29, 1.82) is 0 Å². The molecule has 144 valence electrons. The highest BCUT2D eigenvalue weighted by Crippen LogP contribution is 2.25. The summed E-state index contributed by atoms with van der Waals surface area (Å²) in [5.74, 6) is 1.73. The summed E-state index contributed by atoms with van der Waals surface area (Å²) in [4.78, 5) is 26.0. The van der Waals surface area contributed by atoms with E-state index >= 15 is 0 Å². The van der Waals surface area contributed by atoms with Gasteiger partial charge in [-0.15, -0.1) is 0 Å². The maximum absolute atomic E-state index is 12.8. The summed E-state index contributed by atoms with van der Waals surface area (Å²) in [5.41, 5.74) is 0. The molecule has 4 rings (SSSR count). The largest absolute Gasteiger partial charge is 0.468 e. The third-order valence-corrected chi connectivity index (χ3v) is 5.55. The van der Waals surface area contributed by atoms with E-state index in [1.165, 1.54) is 12.8 Å². The summed E-state index contributed by atoms with van der Waals surface area (Å²) in [5, 5.41) is 3.18. The molecule has 27 heavy (non-hydrogen) atoms. The topological polar surface area (TPSA) is 74.5 Å². The van der Waals surface area contributed by atoms with Crippen LogP contribution in [0.3, 0.4) is 0 Å². The summed E-state index contributed by atoms with van der Waals surface area (Å²) in [7, 11) is 0. The van der Waals surface area contributed by atoms with E-state index in [1.54, 1.807) is 18.7 Å². The standard InChI is InChI=1S/C20H27N5O2/c26-19(16-6-3-12-25(15-16)20-21-8-5-9-22-20)23-14-17(18-7-4-13-27-18)24-10-1-2-11-24/h4-5,7-9,13,16-17H,1-3,6,10-12,14-15H2,(H,23,26). The quantitative estimate of drug-likeness (QED) is 0.842. The summed E-state index contributed by atoms with van der Waals surface area (Å²) in [6.07, 6.45) is 9.50. The van der Waals surface area contributed by atoms with Gasteiger partial charge in [-0.25, -0.2) is 9.97 Å². The molecule has 2 fully saturated rings. The third kappa shape index (κ3) is 4.30. The molecule has 2 saturated heterocycles. The fraction of sp³-hybridized carbons (Fsp3) is 0.550. The maximum atomic E-state index is 12.8. The van der Waals surface area contributed by atoms with Gasteiger partial charge in [0.05, 0.1) is 18.2 Å². The van der Waals surface area contributed by atoms with E-state index < -0.39 is 0 Å². The van der Waals surface area contributed by atoms with Crippen molar-refractivity contribution in [3.8, 4) is 0 Å². The highest BCUT2D eigenvalue weighted by atomic mass is 16.3. The molecule has 2 aliphatic heterocycles. The average molecular weight is 369 g/mol. The van der Waals surface area contributed by atoms with E-state index in [2.05, 4.69) is 25.1 Å². The van der Waals surface area contributed by atoms with Crippen molar-refractivity contribution >= 4 is 11.9 Å². The molecule has 1 amide bonds. The van der Waals surface area contributed by atoms with Crippen molar-refractivity contribution in [2.75, 3.05) is 37.6 Å². The minimum absolute atomic E-state index is 0.0293. The zero-order valence-electron chi connectivity index (χ0n) is 15.6. The van der Waals surface area contributed by atoms with Crippen LogP contribution in [-0.4, -0.2) is 53.5 Å². The first-order valence-corrected chi connectivity index (χ1v) is 9.88. The molecule has 7 heteroatoms. The SMILES string of the molecule is O=C(NCC(c1ccco1)N1CCCC1)C1CCCN(c2ncccn2)C1. The molecule has 0 saturated carbocycles. The van der Waals surface area contributed by atoms with Crippen LogP contribution in [0.25, 0.3) is 0 Å². The molecule has 2 aromatic heterocycles. The fourth-order valence-corrected chi connectivity index (χ4v) is 4.11. The average Bonchev–Trinajstić information content (AvgIpc) is 3.44. The lowest BCUT2D eigenvalue weighted by molar-refractivity contribution is -0.125. The summed E-state index contributed by atoms with van der Waals surface area (Å²) in [6, 6.07) is 5.84. The summed E-state index contributed by atoms with van der Waals surface area (Å²) < 4.78 is 5.64. The number of nitrogens with zero attached hydrogens (tertiary/aromatic N) is 4. The highest BCUT2D eigenvalue weighted by Gasteiger charge is 2.30. The molecule has 2 unspecified atom stereocenters. The molecule has 0 radical (unpaired) electrons. The number of furan rings is 1. The molecule has 2 aromatic rings. The van der Waals surface area contributed by atoms with Crippen molar-refractivity contribution < 1.29 is 9.21 Å². The first-order valence-electron chi connectivity index (χ1n) is 9.88. The Bertz CT molecular complexity index is 715. The third-order valence-electron chi connectivity index (χ3n) is 5.55. The number of aromatic nitrogens is 2. The predicted octanol–water partition coefficient (Wildman–Crippen LogP) is 2.24. The number of likely N-dealkylation sites (tertiary alicyclic amines) is 1. The Morgan fingerprint density at radius 1 is 1.19 bits per heavy atom. The Labute approximate surface area is 159 Å². The van der Waals surface area contributed by atoms with Crippen molar-refractivity contribution in [1.82, 2.24) is 20.2 Å². The van der Waals surface area contributed by atoms with Crippen LogP contribution in [0.4, 0.5) is 5.95 Å². The minimum Gasteiger partial charge on any atom is -0.468 e. The maximum Gasteiger partial charge on any atom is 0.225 e. The molecule has 2 aliphatic rings. The molecule has 0 aromatic carbocycles. The van der Waals surface area contributed by atoms with E-state index in [9.17, 15) is 4.79 Å².